The van der Waals surface area contributed by atoms with Gasteiger partial charge in [0.1, 0.15) is 23.9 Å². The number of methoxy groups -OCH3 is 2. The van der Waals surface area contributed by atoms with Gasteiger partial charge in [0.05, 0.1) is 66.6 Å². The summed E-state index contributed by atoms with van der Waals surface area (Å²) in [5.74, 6) is -4.14. The number of carbonyl (C=O) groups is 1. The van der Waals surface area contributed by atoms with Gasteiger partial charge in [-0.25, -0.2) is 0 Å². The van der Waals surface area contributed by atoms with Crippen molar-refractivity contribution in [1.29, 1.82) is 0 Å². The second-order valence-corrected chi connectivity index (χ2v) is 17.7. The van der Waals surface area contributed by atoms with E-state index in [-0.39, 0.29) is 50.3 Å². The molecule has 348 valence electrons. The number of esters is 1. The quantitative estimate of drug-likeness (QED) is 0.0760. The van der Waals surface area contributed by atoms with Crippen LogP contribution >= 0.6 is 0 Å². The van der Waals surface area contributed by atoms with Crippen molar-refractivity contribution in [3.63, 3.8) is 0 Å². The van der Waals surface area contributed by atoms with Crippen molar-refractivity contribution >= 4 is 11.7 Å². The van der Waals surface area contributed by atoms with Gasteiger partial charge in [-0.2, -0.15) is 0 Å². The maximum atomic E-state index is 14.3. The molecular formula is C41H78N2O16. The molecule has 7 N–H and O–H groups in total. The lowest BCUT2D eigenvalue weighted by Gasteiger charge is -2.49. The lowest BCUT2D eigenvalue weighted by atomic mass is 9.73. The molecule has 0 radical (unpaired) electrons. The van der Waals surface area contributed by atoms with Crippen LogP contribution in [0.15, 0.2) is 5.16 Å². The lowest BCUT2D eigenvalue weighted by Crippen LogP contribution is -2.61. The van der Waals surface area contributed by atoms with Crippen molar-refractivity contribution in [2.45, 2.75) is 179 Å². The minimum Gasteiger partial charge on any atom is -0.459 e. The summed E-state index contributed by atoms with van der Waals surface area (Å²) in [4.78, 5) is 21.8. The Morgan fingerprint density at radius 2 is 1.54 bits per heavy atom. The number of likely N-dealkylation sites (N-methyl/N-ethyl adjacent to an activating group) is 1. The summed E-state index contributed by atoms with van der Waals surface area (Å²) in [5.41, 5.74) is -4.49. The van der Waals surface area contributed by atoms with Gasteiger partial charge in [-0.05, 0) is 74.9 Å². The first-order valence-corrected chi connectivity index (χ1v) is 20.8. The molecule has 0 aromatic rings. The van der Waals surface area contributed by atoms with E-state index in [1.807, 2.05) is 32.8 Å². The molecule has 0 bridgehead atoms. The molecule has 0 aliphatic carbocycles. The largest absolute Gasteiger partial charge is 0.459 e. The standard InChI is InChI=1S/C41H76N2O15.H2O/c1-15-29-41(10,49)34(45)24(4)31(42-53-21-52-17-16-50-13)22(2)19-39(8,48)36(58-38-32(44)28(43(11)12)18-23(3)54-38)25(5)33(26(6)37(47)56-29)57-30-20-40(9,51-14)35(46)27(7)55-30;/h22-30,32-36,38,44-46,48-49H,15-21H2,1-14H3;1H2/b42-31+;/t22-,23-,24+,25+,26-,27+,28+,29-,30+,32-,33+,34-,35+,36-,38+,39-,40-,41-;/m1./s1. The average Bonchev–Trinajstić information content (AvgIpc) is 3.15. The first-order chi connectivity index (χ1) is 27.0. The van der Waals surface area contributed by atoms with Crippen LogP contribution in [0.1, 0.15) is 94.9 Å². The van der Waals surface area contributed by atoms with Gasteiger partial charge in [0, 0.05) is 44.4 Å². The van der Waals surface area contributed by atoms with Gasteiger partial charge in [-0.3, -0.25) is 4.79 Å². The van der Waals surface area contributed by atoms with E-state index in [9.17, 15) is 30.3 Å². The highest BCUT2D eigenvalue weighted by atomic mass is 16.7. The molecule has 0 amide bonds. The van der Waals surface area contributed by atoms with Crippen LogP contribution in [0, 0.1) is 23.7 Å². The number of nitrogens with zero attached hydrogens (tertiary/aromatic N) is 2. The Balaban J connectivity index is 0.0000120. The van der Waals surface area contributed by atoms with E-state index < -0.39 is 102 Å². The van der Waals surface area contributed by atoms with Gasteiger partial charge in [-0.1, -0.05) is 32.9 Å². The predicted octanol–water partition coefficient (Wildman–Crippen LogP) is 1.38. The van der Waals surface area contributed by atoms with Crippen LogP contribution in [0.4, 0.5) is 0 Å². The Morgan fingerprint density at radius 3 is 2.12 bits per heavy atom. The molecule has 3 heterocycles. The molecule has 18 nitrogen and oxygen atoms in total. The van der Waals surface area contributed by atoms with Crippen molar-refractivity contribution in [3.8, 4) is 0 Å². The van der Waals surface area contributed by atoms with Crippen LogP contribution in [0.5, 0.6) is 0 Å². The Labute approximate surface area is 351 Å². The third-order valence-electron chi connectivity index (χ3n) is 12.6. The zero-order valence-electron chi connectivity index (χ0n) is 37.8. The molecule has 3 saturated heterocycles. The van der Waals surface area contributed by atoms with E-state index in [1.165, 1.54) is 14.0 Å². The second kappa shape index (κ2) is 22.6. The van der Waals surface area contributed by atoms with Crippen LogP contribution < -0.4 is 0 Å². The average molecular weight is 855 g/mol. The molecule has 3 fully saturated rings. The molecule has 0 unspecified atom stereocenters. The van der Waals surface area contributed by atoms with Crippen molar-refractivity contribution < 1.29 is 78.5 Å². The molecule has 0 saturated carbocycles. The zero-order valence-corrected chi connectivity index (χ0v) is 37.8. The molecule has 3 aliphatic heterocycles. The van der Waals surface area contributed by atoms with E-state index in [0.717, 1.165) is 0 Å². The van der Waals surface area contributed by atoms with Gasteiger partial charge >= 0.3 is 5.97 Å². The Morgan fingerprint density at radius 1 is 0.898 bits per heavy atom. The zero-order chi connectivity index (χ0) is 43.9. The molecule has 3 aliphatic rings. The highest BCUT2D eigenvalue weighted by molar-refractivity contribution is 5.88. The molecule has 0 spiro atoms. The molecule has 18 heteroatoms. The normalized spacial score (nSPS) is 45.1. The number of ether oxygens (including phenoxy) is 8. The number of hydrogen-bond donors (Lipinski definition) is 5. The van der Waals surface area contributed by atoms with Crippen molar-refractivity contribution in [1.82, 2.24) is 4.90 Å². The number of cyclic esters (lactones) is 1. The second-order valence-electron chi connectivity index (χ2n) is 17.7. The van der Waals surface area contributed by atoms with Gasteiger partial charge in [0.15, 0.2) is 12.6 Å². The van der Waals surface area contributed by atoms with E-state index in [1.54, 1.807) is 55.6 Å². The molecular weight excluding hydrogens is 776 g/mol. The fourth-order valence-electron chi connectivity index (χ4n) is 8.93. The van der Waals surface area contributed by atoms with Crippen LogP contribution in [0.25, 0.3) is 0 Å². The minimum atomic E-state index is -1.97. The fourth-order valence-corrected chi connectivity index (χ4v) is 8.93. The Bertz CT molecular complexity index is 1310. The fraction of sp³-hybridized carbons (Fsp3) is 0.951. The number of oxime groups is 1. The molecule has 18 atom stereocenters. The lowest BCUT2D eigenvalue weighted by molar-refractivity contribution is -0.317. The van der Waals surface area contributed by atoms with Crippen LogP contribution in [-0.2, 0) is 47.5 Å². The minimum absolute atomic E-state index is 0. The first-order valence-electron chi connectivity index (χ1n) is 20.8. The van der Waals surface area contributed by atoms with Crippen LogP contribution in [0.2, 0.25) is 0 Å². The van der Waals surface area contributed by atoms with E-state index in [4.69, 9.17) is 42.7 Å². The third kappa shape index (κ3) is 13.0. The topological polar surface area (TPSA) is 248 Å². The van der Waals surface area contributed by atoms with Crippen LogP contribution in [0.3, 0.4) is 0 Å². The SMILES string of the molecule is CC[C@H]1OC(=O)[C@H](C)[C@@H](O[C@H]2C[C@@](C)(OC)[C@@H](O)[C@H](C)O2)[C@H](C)[C@@H](O[C@@H]2O[C@H](C)C[C@H](N(C)C)[C@H]2O)[C@](C)(O)C[C@@H](C)/C(=N\OCOCCOC)[C@H](C)[C@@H](O)[C@]1(C)O.O. The van der Waals surface area contributed by atoms with E-state index in [2.05, 4.69) is 5.16 Å². The summed E-state index contributed by atoms with van der Waals surface area (Å²) in [7, 11) is 6.76. The van der Waals surface area contributed by atoms with E-state index >= 15 is 0 Å². The predicted molar refractivity (Wildman–Crippen MR) is 216 cm³/mol. The summed E-state index contributed by atoms with van der Waals surface area (Å²) < 4.78 is 48.1. The van der Waals surface area contributed by atoms with Crippen molar-refractivity contribution in [2.75, 3.05) is 48.3 Å². The summed E-state index contributed by atoms with van der Waals surface area (Å²) in [6.45, 7) is 17.3. The van der Waals surface area contributed by atoms with E-state index in [0.29, 0.717) is 18.7 Å². The Kier molecular flexibility index (Phi) is 20.5. The number of aliphatic hydroxyl groups excluding tert-OH is 3. The molecule has 3 rings (SSSR count). The summed E-state index contributed by atoms with van der Waals surface area (Å²) >= 11 is 0. The van der Waals surface area contributed by atoms with Gasteiger partial charge < -0.3 is 78.6 Å². The van der Waals surface area contributed by atoms with Crippen molar-refractivity contribution in [3.05, 3.63) is 0 Å². The molecule has 59 heavy (non-hydrogen) atoms. The molecule has 0 aromatic heterocycles. The summed E-state index contributed by atoms with van der Waals surface area (Å²) in [6, 6.07) is -0.328. The van der Waals surface area contributed by atoms with Gasteiger partial charge in [-0.15, -0.1) is 0 Å². The smallest absolute Gasteiger partial charge is 0.311 e. The monoisotopic (exact) mass is 855 g/mol. The molecule has 0 aromatic carbocycles. The number of hydrogen-bond acceptors (Lipinski definition) is 17. The Hall–Kier alpha value is -1.62. The van der Waals surface area contributed by atoms with Crippen molar-refractivity contribution in [2.24, 2.45) is 28.8 Å². The van der Waals surface area contributed by atoms with Gasteiger partial charge in [0.25, 0.3) is 0 Å². The van der Waals surface area contributed by atoms with Gasteiger partial charge in [0.2, 0.25) is 6.79 Å². The number of carbonyl (C=O) groups excluding carboxylic acids is 1. The van der Waals surface area contributed by atoms with Crippen LogP contribution in [-0.4, -0.2) is 180 Å². The maximum Gasteiger partial charge on any atom is 0.311 e. The highest BCUT2D eigenvalue weighted by Gasteiger charge is 2.53. The first kappa shape index (κ1) is 53.5. The maximum absolute atomic E-state index is 14.3. The summed E-state index contributed by atoms with van der Waals surface area (Å²) in [6.07, 6.45) is -9.49. The number of rotatable bonds is 13. The third-order valence-corrected chi connectivity index (χ3v) is 12.6. The summed E-state index contributed by atoms with van der Waals surface area (Å²) in [5, 5.41) is 63.6. The highest BCUT2D eigenvalue weighted by Crippen LogP contribution is 2.41. The number of aliphatic hydroxyl groups is 5.